The first kappa shape index (κ1) is 12.9. The Kier molecular flexibility index (Phi) is 3.97. The number of benzene rings is 1. The number of hydrogen-bond acceptors (Lipinski definition) is 5. The Hall–Kier alpha value is -2.57. The number of nitrogen functional groups attached to an aromatic ring is 1. The highest BCUT2D eigenvalue weighted by Crippen LogP contribution is 2.20. The molecule has 1 heterocycles. The second kappa shape index (κ2) is 5.85. The zero-order chi connectivity index (χ0) is 13.7. The van der Waals surface area contributed by atoms with E-state index in [-0.39, 0.29) is 5.91 Å². The summed E-state index contributed by atoms with van der Waals surface area (Å²) in [5.41, 5.74) is 7.72. The molecule has 0 aliphatic heterocycles. The van der Waals surface area contributed by atoms with Crippen LogP contribution in [0.4, 0.5) is 11.4 Å². The summed E-state index contributed by atoms with van der Waals surface area (Å²) in [7, 11) is 0. The summed E-state index contributed by atoms with van der Waals surface area (Å²) in [6.45, 7) is 2.95. The molecule has 0 fully saturated rings. The van der Waals surface area contributed by atoms with Gasteiger partial charge in [0, 0.05) is 12.1 Å². The molecule has 5 N–H and O–H groups in total. The van der Waals surface area contributed by atoms with Crippen molar-refractivity contribution in [2.75, 3.05) is 17.6 Å². The molecule has 0 saturated carbocycles. The number of rotatable bonds is 5. The minimum atomic E-state index is -0.129. The van der Waals surface area contributed by atoms with Crippen molar-refractivity contribution in [1.82, 2.24) is 20.5 Å². The first-order valence-corrected chi connectivity index (χ1v) is 5.96. The van der Waals surface area contributed by atoms with E-state index < -0.39 is 0 Å². The van der Waals surface area contributed by atoms with Crippen molar-refractivity contribution < 1.29 is 4.79 Å². The van der Waals surface area contributed by atoms with E-state index in [9.17, 15) is 4.79 Å². The van der Waals surface area contributed by atoms with E-state index in [4.69, 9.17) is 5.73 Å². The summed E-state index contributed by atoms with van der Waals surface area (Å²) >= 11 is 0. The molecular weight excluding hydrogens is 244 g/mol. The van der Waals surface area contributed by atoms with Crippen LogP contribution in [-0.2, 0) is 6.54 Å². The Balaban J connectivity index is 2.04. The predicted molar refractivity (Wildman–Crippen MR) is 72.6 cm³/mol. The topological polar surface area (TPSA) is 109 Å². The molecule has 100 valence electrons. The summed E-state index contributed by atoms with van der Waals surface area (Å²) in [4.78, 5) is 15.6. The quantitative estimate of drug-likeness (QED) is 0.593. The normalized spacial score (nSPS) is 10.2. The third-order valence-electron chi connectivity index (χ3n) is 2.56. The summed E-state index contributed by atoms with van der Waals surface area (Å²) in [5, 5.41) is 12.3. The van der Waals surface area contributed by atoms with Crippen molar-refractivity contribution in [1.29, 1.82) is 0 Å². The van der Waals surface area contributed by atoms with Gasteiger partial charge in [-0.05, 0) is 25.1 Å². The minimum absolute atomic E-state index is 0.129. The van der Waals surface area contributed by atoms with Crippen molar-refractivity contribution in [3.8, 4) is 0 Å². The number of nitrogens with zero attached hydrogens (tertiary/aromatic N) is 2. The first-order chi connectivity index (χ1) is 9.20. The van der Waals surface area contributed by atoms with Crippen LogP contribution >= 0.6 is 0 Å². The van der Waals surface area contributed by atoms with Gasteiger partial charge in [-0.25, -0.2) is 4.98 Å². The second-order valence-corrected chi connectivity index (χ2v) is 3.95. The zero-order valence-electron chi connectivity index (χ0n) is 10.6. The van der Waals surface area contributed by atoms with E-state index in [0.29, 0.717) is 30.2 Å². The van der Waals surface area contributed by atoms with Gasteiger partial charge in [0.2, 0.25) is 0 Å². The fourth-order valence-electron chi connectivity index (χ4n) is 1.62. The molecule has 0 bridgehead atoms. The van der Waals surface area contributed by atoms with E-state index in [2.05, 4.69) is 25.8 Å². The van der Waals surface area contributed by atoms with E-state index in [1.54, 1.807) is 18.2 Å². The number of nitrogens with two attached hydrogens (primary N) is 1. The largest absolute Gasteiger partial charge is 0.397 e. The number of aromatic nitrogens is 3. The van der Waals surface area contributed by atoms with Gasteiger partial charge in [0.1, 0.15) is 12.2 Å². The van der Waals surface area contributed by atoms with Crippen molar-refractivity contribution in [2.24, 2.45) is 0 Å². The molecule has 19 heavy (non-hydrogen) atoms. The third-order valence-corrected chi connectivity index (χ3v) is 2.56. The smallest absolute Gasteiger partial charge is 0.251 e. The highest BCUT2D eigenvalue weighted by atomic mass is 16.1. The Labute approximate surface area is 110 Å². The van der Waals surface area contributed by atoms with Gasteiger partial charge in [-0.3, -0.25) is 9.89 Å². The van der Waals surface area contributed by atoms with Gasteiger partial charge in [-0.15, -0.1) is 0 Å². The van der Waals surface area contributed by atoms with E-state index in [0.717, 1.165) is 5.69 Å². The molecule has 7 nitrogen and oxygen atoms in total. The fraction of sp³-hybridized carbons (Fsp3) is 0.250. The number of nitrogens with one attached hydrogen (secondary N) is 3. The first-order valence-electron chi connectivity index (χ1n) is 5.96. The molecule has 0 aliphatic carbocycles. The lowest BCUT2D eigenvalue weighted by atomic mass is 10.1. The minimum Gasteiger partial charge on any atom is -0.397 e. The van der Waals surface area contributed by atoms with Gasteiger partial charge in [0.25, 0.3) is 5.91 Å². The fourth-order valence-corrected chi connectivity index (χ4v) is 1.62. The van der Waals surface area contributed by atoms with E-state index >= 15 is 0 Å². The monoisotopic (exact) mass is 260 g/mol. The van der Waals surface area contributed by atoms with Gasteiger partial charge in [0.05, 0.1) is 17.9 Å². The highest BCUT2D eigenvalue weighted by Gasteiger charge is 2.07. The molecule has 0 unspecified atom stereocenters. The molecular formula is C12H16N6O. The van der Waals surface area contributed by atoms with Crippen LogP contribution in [-0.4, -0.2) is 27.6 Å². The molecule has 0 atom stereocenters. The van der Waals surface area contributed by atoms with Crippen LogP contribution in [0.1, 0.15) is 23.1 Å². The molecule has 1 aromatic carbocycles. The molecule has 2 rings (SSSR count). The van der Waals surface area contributed by atoms with E-state index in [1.807, 2.05) is 6.92 Å². The lowest BCUT2D eigenvalue weighted by Gasteiger charge is -2.09. The third kappa shape index (κ3) is 3.21. The summed E-state index contributed by atoms with van der Waals surface area (Å²) in [6.07, 6.45) is 1.44. The van der Waals surface area contributed by atoms with Crippen LogP contribution in [0.25, 0.3) is 0 Å². The Bertz CT molecular complexity index is 551. The highest BCUT2D eigenvalue weighted by molar-refractivity contribution is 5.96. The summed E-state index contributed by atoms with van der Waals surface area (Å²) < 4.78 is 0. The van der Waals surface area contributed by atoms with Gasteiger partial charge in [-0.1, -0.05) is 0 Å². The summed E-state index contributed by atoms with van der Waals surface area (Å²) in [5.74, 6) is 0.586. The van der Waals surface area contributed by atoms with Crippen LogP contribution in [0, 0.1) is 0 Å². The average Bonchev–Trinajstić information content (AvgIpc) is 2.90. The Morgan fingerprint density at radius 2 is 2.32 bits per heavy atom. The maximum Gasteiger partial charge on any atom is 0.251 e. The van der Waals surface area contributed by atoms with Gasteiger partial charge < -0.3 is 16.4 Å². The number of hydrogen-bond donors (Lipinski definition) is 4. The molecule has 1 amide bonds. The SMILES string of the molecule is CCNC(=O)c1ccc(NCc2ncn[nH]2)c(N)c1. The van der Waals surface area contributed by atoms with Crippen molar-refractivity contribution >= 4 is 17.3 Å². The van der Waals surface area contributed by atoms with Crippen molar-refractivity contribution in [3.05, 3.63) is 35.9 Å². The number of carbonyl (C=O) groups is 1. The summed E-state index contributed by atoms with van der Waals surface area (Å²) in [6, 6.07) is 5.15. The van der Waals surface area contributed by atoms with Crippen LogP contribution in [0.15, 0.2) is 24.5 Å². The average molecular weight is 260 g/mol. The van der Waals surface area contributed by atoms with Crippen molar-refractivity contribution in [3.63, 3.8) is 0 Å². The molecule has 0 radical (unpaired) electrons. The van der Waals surface area contributed by atoms with Gasteiger partial charge >= 0.3 is 0 Å². The predicted octanol–water partition coefficient (Wildman–Crippen LogP) is 0.749. The number of H-pyrrole nitrogens is 1. The number of aromatic amines is 1. The van der Waals surface area contributed by atoms with Crippen LogP contribution < -0.4 is 16.4 Å². The van der Waals surface area contributed by atoms with Gasteiger partial charge in [0.15, 0.2) is 0 Å². The van der Waals surface area contributed by atoms with Crippen molar-refractivity contribution in [2.45, 2.75) is 13.5 Å². The Morgan fingerprint density at radius 3 is 2.95 bits per heavy atom. The molecule has 1 aromatic heterocycles. The van der Waals surface area contributed by atoms with Crippen LogP contribution in [0.2, 0.25) is 0 Å². The Morgan fingerprint density at radius 1 is 1.47 bits per heavy atom. The maximum atomic E-state index is 11.6. The second-order valence-electron chi connectivity index (χ2n) is 3.95. The number of anilines is 2. The molecule has 7 heteroatoms. The zero-order valence-corrected chi connectivity index (χ0v) is 10.6. The van der Waals surface area contributed by atoms with E-state index in [1.165, 1.54) is 6.33 Å². The molecule has 2 aromatic rings. The number of carbonyl (C=O) groups excluding carboxylic acids is 1. The lowest BCUT2D eigenvalue weighted by Crippen LogP contribution is -2.22. The lowest BCUT2D eigenvalue weighted by molar-refractivity contribution is 0.0956. The number of amides is 1. The molecule has 0 aliphatic rings. The maximum absolute atomic E-state index is 11.6. The standard InChI is InChI=1S/C12H16N6O/c1-2-14-12(19)8-3-4-10(9(13)5-8)15-6-11-16-7-17-18-11/h3-5,7,15H,2,6,13H2,1H3,(H,14,19)(H,16,17,18). The van der Waals surface area contributed by atoms with Crippen LogP contribution in [0.5, 0.6) is 0 Å². The molecule has 0 saturated heterocycles. The molecule has 0 spiro atoms. The van der Waals surface area contributed by atoms with Gasteiger partial charge in [-0.2, -0.15) is 5.10 Å². The van der Waals surface area contributed by atoms with Crippen LogP contribution in [0.3, 0.4) is 0 Å².